The Bertz CT molecular complexity index is 807. The minimum Gasteiger partial charge on any atom is -0.339 e. The van der Waals surface area contributed by atoms with E-state index in [-0.39, 0.29) is 6.54 Å². The van der Waals surface area contributed by atoms with Crippen molar-refractivity contribution in [2.45, 2.75) is 6.92 Å². The minimum atomic E-state index is -0.923. The fraction of sp³-hybridized carbons (Fsp3) is 0.118. The molecule has 2 aromatic carbocycles. The van der Waals surface area contributed by atoms with Crippen LogP contribution < -0.4 is 16.0 Å². The first kappa shape index (κ1) is 18.8. The number of aryl methyl sites for hydroxylation is 1. The molecule has 0 fully saturated rings. The van der Waals surface area contributed by atoms with Crippen LogP contribution in [-0.4, -0.2) is 24.3 Å². The predicted octanol–water partition coefficient (Wildman–Crippen LogP) is 3.00. The van der Waals surface area contributed by atoms with Crippen LogP contribution in [0.25, 0.3) is 0 Å². The van der Waals surface area contributed by atoms with Gasteiger partial charge in [0.25, 0.3) is 0 Å². The highest BCUT2D eigenvalue weighted by Gasteiger charge is 2.15. The lowest BCUT2D eigenvalue weighted by atomic mass is 10.2. The molecule has 0 aromatic heterocycles. The van der Waals surface area contributed by atoms with Gasteiger partial charge in [-0.05, 0) is 48.9 Å². The van der Waals surface area contributed by atoms with Crippen LogP contribution in [0.15, 0.2) is 42.5 Å². The lowest BCUT2D eigenvalue weighted by molar-refractivity contribution is -0.136. The summed E-state index contributed by atoms with van der Waals surface area (Å²) >= 11 is 11.6. The zero-order valence-electron chi connectivity index (χ0n) is 13.2. The Morgan fingerprint density at radius 1 is 0.880 bits per heavy atom. The van der Waals surface area contributed by atoms with Crippen molar-refractivity contribution in [1.82, 2.24) is 5.32 Å². The fourth-order valence-corrected chi connectivity index (χ4v) is 2.18. The Labute approximate surface area is 154 Å². The summed E-state index contributed by atoms with van der Waals surface area (Å²) in [4.78, 5) is 35.4. The standard InChI is InChI=1S/C17H15Cl2N3O3/c1-10-2-3-12(19)8-14(10)22-15(23)9-20-16(24)17(25)21-13-6-4-11(18)5-7-13/h2-8H,9H2,1H3,(H,20,24)(H,21,25)(H,22,23). The maximum Gasteiger partial charge on any atom is 0.313 e. The van der Waals surface area contributed by atoms with Crippen LogP contribution in [-0.2, 0) is 14.4 Å². The van der Waals surface area contributed by atoms with Crippen molar-refractivity contribution >= 4 is 52.3 Å². The maximum absolute atomic E-state index is 11.9. The quantitative estimate of drug-likeness (QED) is 0.713. The van der Waals surface area contributed by atoms with Crippen molar-refractivity contribution < 1.29 is 14.4 Å². The van der Waals surface area contributed by atoms with E-state index in [0.29, 0.717) is 21.4 Å². The topological polar surface area (TPSA) is 87.3 Å². The Balaban J connectivity index is 1.84. The van der Waals surface area contributed by atoms with Gasteiger partial charge in [0.2, 0.25) is 5.91 Å². The summed E-state index contributed by atoms with van der Waals surface area (Å²) in [7, 11) is 0. The van der Waals surface area contributed by atoms with Gasteiger partial charge >= 0.3 is 11.8 Å². The molecule has 25 heavy (non-hydrogen) atoms. The third kappa shape index (κ3) is 5.77. The van der Waals surface area contributed by atoms with Crippen LogP contribution in [0.2, 0.25) is 10.0 Å². The van der Waals surface area contributed by atoms with Gasteiger partial charge < -0.3 is 16.0 Å². The van der Waals surface area contributed by atoms with Crippen LogP contribution in [0.5, 0.6) is 0 Å². The highest BCUT2D eigenvalue weighted by atomic mass is 35.5. The molecule has 0 saturated heterocycles. The minimum absolute atomic E-state index is 0.348. The molecule has 3 N–H and O–H groups in total. The van der Waals surface area contributed by atoms with Gasteiger partial charge in [-0.2, -0.15) is 0 Å². The van der Waals surface area contributed by atoms with Gasteiger partial charge in [-0.1, -0.05) is 29.3 Å². The number of anilines is 2. The lowest BCUT2D eigenvalue weighted by Gasteiger charge is -2.10. The normalized spacial score (nSPS) is 10.0. The molecule has 130 valence electrons. The molecule has 0 unspecified atom stereocenters. The van der Waals surface area contributed by atoms with Gasteiger partial charge in [-0.15, -0.1) is 0 Å². The Hall–Kier alpha value is -2.57. The molecule has 0 aliphatic rings. The van der Waals surface area contributed by atoms with Gasteiger partial charge in [-0.25, -0.2) is 0 Å². The van der Waals surface area contributed by atoms with Crippen molar-refractivity contribution in [3.05, 3.63) is 58.1 Å². The molecule has 0 aliphatic carbocycles. The van der Waals surface area contributed by atoms with E-state index >= 15 is 0 Å². The van der Waals surface area contributed by atoms with Crippen LogP contribution in [0.4, 0.5) is 11.4 Å². The largest absolute Gasteiger partial charge is 0.339 e. The molecule has 0 saturated carbocycles. The van der Waals surface area contributed by atoms with E-state index in [0.717, 1.165) is 5.56 Å². The van der Waals surface area contributed by atoms with Crippen molar-refractivity contribution in [2.75, 3.05) is 17.2 Å². The summed E-state index contributed by atoms with van der Waals surface area (Å²) in [6.45, 7) is 1.46. The number of hydrogen-bond acceptors (Lipinski definition) is 3. The highest BCUT2D eigenvalue weighted by Crippen LogP contribution is 2.19. The predicted molar refractivity (Wildman–Crippen MR) is 97.9 cm³/mol. The van der Waals surface area contributed by atoms with Gasteiger partial charge in [0, 0.05) is 21.4 Å². The average Bonchev–Trinajstić information content (AvgIpc) is 2.58. The molecule has 0 heterocycles. The van der Waals surface area contributed by atoms with E-state index < -0.39 is 17.7 Å². The maximum atomic E-state index is 11.9. The molecule has 8 heteroatoms. The van der Waals surface area contributed by atoms with Crippen LogP contribution in [0.1, 0.15) is 5.56 Å². The molecule has 0 radical (unpaired) electrons. The van der Waals surface area contributed by atoms with Gasteiger partial charge in [0.05, 0.1) is 6.54 Å². The SMILES string of the molecule is Cc1ccc(Cl)cc1NC(=O)CNC(=O)C(=O)Nc1ccc(Cl)cc1. The molecule has 2 aromatic rings. The van der Waals surface area contributed by atoms with Crippen molar-refractivity contribution in [3.8, 4) is 0 Å². The Kier molecular flexibility index (Phi) is 6.38. The molecule has 0 atom stereocenters. The number of benzene rings is 2. The Morgan fingerprint density at radius 3 is 2.20 bits per heavy atom. The molecule has 2 rings (SSSR count). The highest BCUT2D eigenvalue weighted by molar-refractivity contribution is 6.40. The summed E-state index contributed by atoms with van der Waals surface area (Å²) in [6.07, 6.45) is 0. The number of hydrogen-bond donors (Lipinski definition) is 3. The summed E-state index contributed by atoms with van der Waals surface area (Å²) in [5.41, 5.74) is 1.78. The second kappa shape index (κ2) is 8.50. The lowest BCUT2D eigenvalue weighted by Crippen LogP contribution is -2.39. The van der Waals surface area contributed by atoms with Crippen LogP contribution in [0.3, 0.4) is 0 Å². The molecule has 0 bridgehead atoms. The third-order valence-corrected chi connectivity index (χ3v) is 3.68. The first-order valence-electron chi connectivity index (χ1n) is 7.26. The molecule has 0 aliphatic heterocycles. The fourth-order valence-electron chi connectivity index (χ4n) is 1.89. The van der Waals surface area contributed by atoms with Crippen molar-refractivity contribution in [3.63, 3.8) is 0 Å². The van der Waals surface area contributed by atoms with Gasteiger partial charge in [0.15, 0.2) is 0 Å². The second-order valence-corrected chi connectivity index (χ2v) is 6.02. The number of nitrogens with one attached hydrogen (secondary N) is 3. The average molecular weight is 380 g/mol. The molecule has 3 amide bonds. The number of halogens is 2. The molecule has 6 nitrogen and oxygen atoms in total. The van der Waals surface area contributed by atoms with E-state index in [2.05, 4.69) is 16.0 Å². The number of amides is 3. The number of rotatable bonds is 4. The van der Waals surface area contributed by atoms with Crippen molar-refractivity contribution in [1.29, 1.82) is 0 Å². The number of carbonyl (C=O) groups is 3. The summed E-state index contributed by atoms with van der Waals surface area (Å²) in [6, 6.07) is 11.3. The van der Waals surface area contributed by atoms with Crippen LogP contribution in [0, 0.1) is 6.92 Å². The molecule has 0 spiro atoms. The zero-order valence-corrected chi connectivity index (χ0v) is 14.7. The second-order valence-electron chi connectivity index (χ2n) is 5.15. The van der Waals surface area contributed by atoms with E-state index in [1.807, 2.05) is 6.92 Å². The first-order valence-corrected chi connectivity index (χ1v) is 8.01. The van der Waals surface area contributed by atoms with E-state index in [1.54, 1.807) is 42.5 Å². The molecular formula is C17H15Cl2N3O3. The smallest absolute Gasteiger partial charge is 0.313 e. The zero-order chi connectivity index (χ0) is 18.4. The van der Waals surface area contributed by atoms with E-state index in [1.165, 1.54) is 0 Å². The van der Waals surface area contributed by atoms with Gasteiger partial charge in [-0.3, -0.25) is 14.4 Å². The summed E-state index contributed by atoms with van der Waals surface area (Å²) in [5.74, 6) is -2.28. The van der Waals surface area contributed by atoms with E-state index in [9.17, 15) is 14.4 Å². The van der Waals surface area contributed by atoms with E-state index in [4.69, 9.17) is 23.2 Å². The third-order valence-electron chi connectivity index (χ3n) is 3.19. The van der Waals surface area contributed by atoms with Crippen molar-refractivity contribution in [2.24, 2.45) is 0 Å². The Morgan fingerprint density at radius 2 is 1.52 bits per heavy atom. The summed E-state index contributed by atoms with van der Waals surface area (Å²) in [5, 5.41) is 8.25. The monoisotopic (exact) mass is 379 g/mol. The number of carbonyl (C=O) groups excluding carboxylic acids is 3. The first-order chi connectivity index (χ1) is 11.8. The summed E-state index contributed by atoms with van der Waals surface area (Å²) < 4.78 is 0. The van der Waals surface area contributed by atoms with Gasteiger partial charge in [0.1, 0.15) is 0 Å². The molecular weight excluding hydrogens is 365 g/mol. The van der Waals surface area contributed by atoms with Crippen LogP contribution >= 0.6 is 23.2 Å².